The van der Waals surface area contributed by atoms with Crippen LogP contribution < -0.4 is 11.5 Å². The van der Waals surface area contributed by atoms with Crippen LogP contribution in [0.4, 0.5) is 11.4 Å². The zero-order chi connectivity index (χ0) is 11.5. The van der Waals surface area contributed by atoms with E-state index in [0.29, 0.717) is 22.5 Å². The summed E-state index contributed by atoms with van der Waals surface area (Å²) in [4.78, 5) is 15.8. The number of rotatable bonds is 2. The van der Waals surface area contributed by atoms with E-state index < -0.39 is 0 Å². The normalized spacial score (nSPS) is 10.0. The zero-order valence-electron chi connectivity index (χ0n) is 8.55. The van der Waals surface area contributed by atoms with Crippen LogP contribution in [0.2, 0.25) is 0 Å². The third kappa shape index (κ3) is 1.86. The van der Waals surface area contributed by atoms with Gasteiger partial charge in [0, 0.05) is 23.5 Å². The first-order chi connectivity index (χ1) is 7.68. The number of nitrogens with zero attached hydrogens (tertiary/aromatic N) is 1. The molecule has 4 N–H and O–H groups in total. The molecule has 1 aromatic carbocycles. The second-order valence-electron chi connectivity index (χ2n) is 3.41. The van der Waals surface area contributed by atoms with E-state index in [9.17, 15) is 4.79 Å². The predicted octanol–water partition coefficient (Wildman–Crippen LogP) is 1.48. The Morgan fingerprint density at radius 2 is 1.62 bits per heavy atom. The van der Waals surface area contributed by atoms with Crippen LogP contribution in [0.1, 0.15) is 15.9 Å². The van der Waals surface area contributed by atoms with Gasteiger partial charge in [-0.15, -0.1) is 0 Å². The summed E-state index contributed by atoms with van der Waals surface area (Å²) >= 11 is 0. The molecule has 4 heteroatoms. The monoisotopic (exact) mass is 213 g/mol. The summed E-state index contributed by atoms with van der Waals surface area (Å²) in [5.41, 5.74) is 13.2. The standard InChI is InChI=1S/C12H11N3O/c13-10-2-1-9(7-11(10)14)12(16)8-3-5-15-6-4-8/h1-7H,13-14H2. The average molecular weight is 213 g/mol. The highest BCUT2D eigenvalue weighted by Gasteiger charge is 2.09. The number of nitrogens with two attached hydrogens (primary N) is 2. The first-order valence-electron chi connectivity index (χ1n) is 4.78. The van der Waals surface area contributed by atoms with Gasteiger partial charge in [-0.05, 0) is 30.3 Å². The minimum absolute atomic E-state index is 0.0888. The van der Waals surface area contributed by atoms with Gasteiger partial charge in [-0.1, -0.05) is 0 Å². The van der Waals surface area contributed by atoms with Crippen LogP contribution in [0.25, 0.3) is 0 Å². The van der Waals surface area contributed by atoms with E-state index in [0.717, 1.165) is 0 Å². The molecule has 0 atom stereocenters. The van der Waals surface area contributed by atoms with E-state index >= 15 is 0 Å². The molecule has 0 radical (unpaired) electrons. The number of benzene rings is 1. The molecule has 0 aliphatic heterocycles. The lowest BCUT2D eigenvalue weighted by Gasteiger charge is -2.04. The van der Waals surface area contributed by atoms with Gasteiger partial charge in [0.15, 0.2) is 5.78 Å². The summed E-state index contributed by atoms with van der Waals surface area (Å²) in [6, 6.07) is 8.19. The third-order valence-electron chi connectivity index (χ3n) is 2.29. The minimum atomic E-state index is -0.0888. The Kier molecular flexibility index (Phi) is 2.55. The van der Waals surface area contributed by atoms with Crippen LogP contribution in [0.15, 0.2) is 42.7 Å². The largest absolute Gasteiger partial charge is 0.397 e. The lowest BCUT2D eigenvalue weighted by molar-refractivity contribution is 0.103. The smallest absolute Gasteiger partial charge is 0.193 e. The number of pyridine rings is 1. The van der Waals surface area contributed by atoms with Crippen molar-refractivity contribution in [3.63, 3.8) is 0 Å². The van der Waals surface area contributed by atoms with E-state index in [-0.39, 0.29) is 5.78 Å². The Balaban J connectivity index is 2.39. The van der Waals surface area contributed by atoms with Gasteiger partial charge in [0.05, 0.1) is 11.4 Å². The molecule has 0 saturated carbocycles. The number of hydrogen-bond acceptors (Lipinski definition) is 4. The van der Waals surface area contributed by atoms with Crippen molar-refractivity contribution in [1.82, 2.24) is 4.98 Å². The molecule has 0 saturated heterocycles. The maximum Gasteiger partial charge on any atom is 0.193 e. The van der Waals surface area contributed by atoms with Gasteiger partial charge < -0.3 is 11.5 Å². The van der Waals surface area contributed by atoms with Crippen LogP contribution in [0, 0.1) is 0 Å². The van der Waals surface area contributed by atoms with Crippen molar-refractivity contribution in [2.24, 2.45) is 0 Å². The summed E-state index contributed by atoms with van der Waals surface area (Å²) in [5, 5.41) is 0. The van der Waals surface area contributed by atoms with Gasteiger partial charge in [0.1, 0.15) is 0 Å². The molecular formula is C12H11N3O. The highest BCUT2D eigenvalue weighted by atomic mass is 16.1. The van der Waals surface area contributed by atoms with Gasteiger partial charge in [-0.3, -0.25) is 9.78 Å². The number of ketones is 1. The lowest BCUT2D eigenvalue weighted by atomic mass is 10.0. The molecule has 0 spiro atoms. The Morgan fingerprint density at radius 1 is 0.938 bits per heavy atom. The molecular weight excluding hydrogens is 202 g/mol. The van der Waals surface area contributed by atoms with Crippen molar-refractivity contribution >= 4 is 17.2 Å². The average Bonchev–Trinajstić information content (AvgIpc) is 2.33. The quantitative estimate of drug-likeness (QED) is 0.584. The van der Waals surface area contributed by atoms with Crippen LogP contribution >= 0.6 is 0 Å². The Bertz CT molecular complexity index is 523. The first-order valence-corrected chi connectivity index (χ1v) is 4.78. The van der Waals surface area contributed by atoms with E-state index in [1.165, 1.54) is 0 Å². The van der Waals surface area contributed by atoms with Crippen molar-refractivity contribution in [2.75, 3.05) is 11.5 Å². The van der Waals surface area contributed by atoms with Crippen LogP contribution in [-0.2, 0) is 0 Å². The molecule has 2 aromatic rings. The molecule has 4 nitrogen and oxygen atoms in total. The number of anilines is 2. The number of aromatic nitrogens is 1. The van der Waals surface area contributed by atoms with E-state index in [4.69, 9.17) is 11.5 Å². The molecule has 0 fully saturated rings. The molecule has 80 valence electrons. The summed E-state index contributed by atoms with van der Waals surface area (Å²) < 4.78 is 0. The van der Waals surface area contributed by atoms with Crippen molar-refractivity contribution in [3.05, 3.63) is 53.9 Å². The highest BCUT2D eigenvalue weighted by molar-refractivity contribution is 6.09. The minimum Gasteiger partial charge on any atom is -0.397 e. The SMILES string of the molecule is Nc1ccc(C(=O)c2ccncc2)cc1N. The Hall–Kier alpha value is -2.36. The molecule has 0 amide bonds. The van der Waals surface area contributed by atoms with Gasteiger partial charge in [0.2, 0.25) is 0 Å². The zero-order valence-corrected chi connectivity index (χ0v) is 8.55. The summed E-state index contributed by atoms with van der Waals surface area (Å²) in [6.45, 7) is 0. The molecule has 2 rings (SSSR count). The maximum absolute atomic E-state index is 12.0. The number of carbonyl (C=O) groups excluding carboxylic acids is 1. The molecule has 0 aliphatic rings. The van der Waals surface area contributed by atoms with Gasteiger partial charge in [-0.2, -0.15) is 0 Å². The van der Waals surface area contributed by atoms with E-state index in [2.05, 4.69) is 4.98 Å². The van der Waals surface area contributed by atoms with E-state index in [1.807, 2.05) is 0 Å². The van der Waals surface area contributed by atoms with Crippen LogP contribution in [0.5, 0.6) is 0 Å². The first kappa shape index (κ1) is 10.2. The molecule has 0 aliphatic carbocycles. The van der Waals surface area contributed by atoms with Gasteiger partial charge in [0.25, 0.3) is 0 Å². The van der Waals surface area contributed by atoms with E-state index in [1.54, 1.807) is 42.7 Å². The lowest BCUT2D eigenvalue weighted by Crippen LogP contribution is -2.03. The summed E-state index contributed by atoms with van der Waals surface area (Å²) in [6.07, 6.45) is 3.15. The number of hydrogen-bond donors (Lipinski definition) is 2. The van der Waals surface area contributed by atoms with Crippen LogP contribution in [-0.4, -0.2) is 10.8 Å². The fourth-order valence-electron chi connectivity index (χ4n) is 1.39. The third-order valence-corrected chi connectivity index (χ3v) is 2.29. The molecule has 0 unspecified atom stereocenters. The van der Waals surface area contributed by atoms with Crippen molar-refractivity contribution < 1.29 is 4.79 Å². The maximum atomic E-state index is 12.0. The Morgan fingerprint density at radius 3 is 2.25 bits per heavy atom. The van der Waals surface area contributed by atoms with Crippen molar-refractivity contribution in [1.29, 1.82) is 0 Å². The van der Waals surface area contributed by atoms with Crippen molar-refractivity contribution in [2.45, 2.75) is 0 Å². The molecule has 1 aromatic heterocycles. The van der Waals surface area contributed by atoms with Crippen molar-refractivity contribution in [3.8, 4) is 0 Å². The predicted molar refractivity (Wildman–Crippen MR) is 62.9 cm³/mol. The fourth-order valence-corrected chi connectivity index (χ4v) is 1.39. The summed E-state index contributed by atoms with van der Waals surface area (Å²) in [5.74, 6) is -0.0888. The second-order valence-corrected chi connectivity index (χ2v) is 3.41. The molecule has 16 heavy (non-hydrogen) atoms. The Labute approximate surface area is 92.9 Å². The van der Waals surface area contributed by atoms with Crippen LogP contribution in [0.3, 0.4) is 0 Å². The van der Waals surface area contributed by atoms with Gasteiger partial charge in [-0.25, -0.2) is 0 Å². The number of carbonyl (C=O) groups is 1. The highest BCUT2D eigenvalue weighted by Crippen LogP contribution is 2.18. The molecule has 0 bridgehead atoms. The number of nitrogen functional groups attached to an aromatic ring is 2. The summed E-state index contributed by atoms with van der Waals surface area (Å²) in [7, 11) is 0. The molecule has 1 heterocycles. The second kappa shape index (κ2) is 4.02. The topological polar surface area (TPSA) is 82.0 Å². The fraction of sp³-hybridized carbons (Fsp3) is 0. The van der Waals surface area contributed by atoms with Gasteiger partial charge >= 0.3 is 0 Å².